The number of carbonyl (C=O) groups is 2. The van der Waals surface area contributed by atoms with Gasteiger partial charge in [0.2, 0.25) is 0 Å². The Bertz CT molecular complexity index is 360. The molecule has 0 unspecified atom stereocenters. The smallest absolute Gasteiger partial charge is 0.330 e. The average molecular weight is 340 g/mol. The topological polar surface area (TPSA) is 71.1 Å². The second kappa shape index (κ2) is 12.7. The van der Waals surface area contributed by atoms with E-state index in [-0.39, 0.29) is 13.2 Å². The van der Waals surface area contributed by atoms with Gasteiger partial charge < -0.3 is 18.9 Å². The van der Waals surface area contributed by atoms with Crippen LogP contribution < -0.4 is 0 Å². The summed E-state index contributed by atoms with van der Waals surface area (Å²) in [5, 5.41) is 0. The highest BCUT2D eigenvalue weighted by Gasteiger charge is 2.21. The molecule has 0 atom stereocenters. The molecule has 1 aliphatic carbocycles. The standard InChI is InChI=1S/C18H28O6/c1-3-17(19)23-11-9-21-13-15-5-7-16(8-6-15)14-22-10-12-24-18(20)4-2/h3-4,15-16H,1-2,5-14H2. The molecular formula is C18H28O6. The lowest BCUT2D eigenvalue weighted by Crippen LogP contribution is -2.23. The second-order valence-electron chi connectivity index (χ2n) is 5.78. The Morgan fingerprint density at radius 1 is 0.750 bits per heavy atom. The van der Waals surface area contributed by atoms with Crippen molar-refractivity contribution in [1.82, 2.24) is 0 Å². The van der Waals surface area contributed by atoms with E-state index in [0.29, 0.717) is 38.3 Å². The summed E-state index contributed by atoms with van der Waals surface area (Å²) in [4.78, 5) is 21.7. The van der Waals surface area contributed by atoms with Crippen molar-refractivity contribution in [2.45, 2.75) is 25.7 Å². The largest absolute Gasteiger partial charge is 0.460 e. The van der Waals surface area contributed by atoms with Gasteiger partial charge in [-0.3, -0.25) is 0 Å². The fourth-order valence-corrected chi connectivity index (χ4v) is 2.59. The SMILES string of the molecule is C=CC(=O)OCCOCC1CCC(COCCOC(=O)C=C)CC1. The second-order valence-corrected chi connectivity index (χ2v) is 5.78. The number of ether oxygens (including phenoxy) is 4. The highest BCUT2D eigenvalue weighted by Crippen LogP contribution is 2.29. The maximum absolute atomic E-state index is 10.9. The third-order valence-electron chi connectivity index (χ3n) is 3.95. The molecule has 0 aromatic carbocycles. The minimum absolute atomic E-state index is 0.268. The van der Waals surface area contributed by atoms with E-state index in [4.69, 9.17) is 18.9 Å². The van der Waals surface area contributed by atoms with Crippen LogP contribution in [0.3, 0.4) is 0 Å². The van der Waals surface area contributed by atoms with Gasteiger partial charge in [0.25, 0.3) is 0 Å². The Hall–Kier alpha value is -1.66. The molecule has 0 saturated heterocycles. The van der Waals surface area contributed by atoms with E-state index in [1.165, 1.54) is 0 Å². The van der Waals surface area contributed by atoms with Crippen molar-refractivity contribution >= 4 is 11.9 Å². The van der Waals surface area contributed by atoms with Gasteiger partial charge in [0.05, 0.1) is 13.2 Å². The lowest BCUT2D eigenvalue weighted by molar-refractivity contribution is -0.140. The van der Waals surface area contributed by atoms with E-state index in [2.05, 4.69) is 13.2 Å². The molecule has 0 radical (unpaired) electrons. The molecule has 1 aliphatic rings. The van der Waals surface area contributed by atoms with E-state index < -0.39 is 11.9 Å². The predicted octanol–water partition coefficient (Wildman–Crippen LogP) is 2.28. The summed E-state index contributed by atoms with van der Waals surface area (Å²) in [5.74, 6) is 0.284. The zero-order valence-corrected chi connectivity index (χ0v) is 14.2. The number of esters is 2. The van der Waals surface area contributed by atoms with Crippen molar-refractivity contribution in [1.29, 1.82) is 0 Å². The van der Waals surface area contributed by atoms with Gasteiger partial charge in [0.15, 0.2) is 0 Å². The minimum atomic E-state index is -0.418. The molecule has 1 saturated carbocycles. The van der Waals surface area contributed by atoms with Crippen molar-refractivity contribution < 1.29 is 28.5 Å². The normalized spacial score (nSPS) is 20.2. The molecule has 6 heteroatoms. The lowest BCUT2D eigenvalue weighted by Gasteiger charge is -2.28. The van der Waals surface area contributed by atoms with Crippen LogP contribution in [0.2, 0.25) is 0 Å². The van der Waals surface area contributed by atoms with Gasteiger partial charge in [-0.05, 0) is 37.5 Å². The van der Waals surface area contributed by atoms with Crippen LogP contribution in [0, 0.1) is 11.8 Å². The Labute approximate surface area is 143 Å². The molecule has 24 heavy (non-hydrogen) atoms. The summed E-state index contributed by atoms with van der Waals surface area (Å²) in [5.41, 5.74) is 0. The van der Waals surface area contributed by atoms with Gasteiger partial charge in [0, 0.05) is 25.4 Å². The minimum Gasteiger partial charge on any atom is -0.460 e. The third kappa shape index (κ3) is 9.47. The van der Waals surface area contributed by atoms with Crippen LogP contribution in [-0.2, 0) is 28.5 Å². The maximum atomic E-state index is 10.9. The summed E-state index contributed by atoms with van der Waals surface area (Å²) in [6, 6.07) is 0. The van der Waals surface area contributed by atoms with E-state index in [9.17, 15) is 9.59 Å². The van der Waals surface area contributed by atoms with Crippen molar-refractivity contribution in [3.05, 3.63) is 25.3 Å². The van der Waals surface area contributed by atoms with Gasteiger partial charge in [-0.15, -0.1) is 0 Å². The Morgan fingerprint density at radius 2 is 1.12 bits per heavy atom. The first-order valence-electron chi connectivity index (χ1n) is 8.39. The highest BCUT2D eigenvalue weighted by atomic mass is 16.6. The molecule has 0 N–H and O–H groups in total. The molecule has 136 valence electrons. The first-order chi connectivity index (χ1) is 11.7. The average Bonchev–Trinajstić information content (AvgIpc) is 2.61. The molecule has 0 aliphatic heterocycles. The molecule has 0 amide bonds. The van der Waals surface area contributed by atoms with Crippen molar-refractivity contribution in [3.8, 4) is 0 Å². The third-order valence-corrected chi connectivity index (χ3v) is 3.95. The number of hydrogen-bond donors (Lipinski definition) is 0. The van der Waals surface area contributed by atoms with Gasteiger partial charge in [0.1, 0.15) is 13.2 Å². The van der Waals surface area contributed by atoms with Gasteiger partial charge >= 0.3 is 11.9 Å². The quantitative estimate of drug-likeness (QED) is 0.308. The first-order valence-corrected chi connectivity index (χ1v) is 8.39. The summed E-state index contributed by atoms with van der Waals surface area (Å²) in [6.45, 7) is 9.46. The monoisotopic (exact) mass is 340 g/mol. The van der Waals surface area contributed by atoms with Crippen molar-refractivity contribution in [3.63, 3.8) is 0 Å². The Kier molecular flexibility index (Phi) is 10.8. The molecule has 0 bridgehead atoms. The molecule has 0 aromatic heterocycles. The first kappa shape index (κ1) is 20.4. The van der Waals surface area contributed by atoms with Crippen LogP contribution in [0.25, 0.3) is 0 Å². The summed E-state index contributed by atoms with van der Waals surface area (Å²) in [6.07, 6.45) is 6.76. The zero-order chi connectivity index (χ0) is 17.6. The predicted molar refractivity (Wildman–Crippen MR) is 89.4 cm³/mol. The van der Waals surface area contributed by atoms with Gasteiger partial charge in [-0.2, -0.15) is 0 Å². The van der Waals surface area contributed by atoms with Crippen LogP contribution in [0.5, 0.6) is 0 Å². The van der Waals surface area contributed by atoms with E-state index >= 15 is 0 Å². The van der Waals surface area contributed by atoms with E-state index in [0.717, 1.165) is 37.8 Å². The molecule has 0 heterocycles. The van der Waals surface area contributed by atoms with Crippen LogP contribution in [0.15, 0.2) is 25.3 Å². The molecular weight excluding hydrogens is 312 g/mol. The lowest BCUT2D eigenvalue weighted by atomic mass is 9.83. The van der Waals surface area contributed by atoms with Gasteiger partial charge in [-0.25, -0.2) is 9.59 Å². The Morgan fingerprint density at radius 3 is 1.46 bits per heavy atom. The fourth-order valence-electron chi connectivity index (χ4n) is 2.59. The highest BCUT2D eigenvalue weighted by molar-refractivity contribution is 5.81. The van der Waals surface area contributed by atoms with Crippen LogP contribution in [-0.4, -0.2) is 51.6 Å². The molecule has 1 rings (SSSR count). The fraction of sp³-hybridized carbons (Fsp3) is 0.667. The number of hydrogen-bond acceptors (Lipinski definition) is 6. The van der Waals surface area contributed by atoms with Crippen molar-refractivity contribution in [2.24, 2.45) is 11.8 Å². The van der Waals surface area contributed by atoms with E-state index in [1.54, 1.807) is 0 Å². The zero-order valence-electron chi connectivity index (χ0n) is 14.2. The van der Waals surface area contributed by atoms with Crippen LogP contribution in [0.4, 0.5) is 0 Å². The Balaban J connectivity index is 1.96. The molecule has 6 nitrogen and oxygen atoms in total. The molecule has 0 aromatic rings. The van der Waals surface area contributed by atoms with Crippen molar-refractivity contribution in [2.75, 3.05) is 39.6 Å². The molecule has 0 spiro atoms. The summed E-state index contributed by atoms with van der Waals surface area (Å²) >= 11 is 0. The van der Waals surface area contributed by atoms with Gasteiger partial charge in [-0.1, -0.05) is 13.2 Å². The van der Waals surface area contributed by atoms with Crippen LogP contribution >= 0.6 is 0 Å². The molecule has 1 fully saturated rings. The summed E-state index contributed by atoms with van der Waals surface area (Å²) < 4.78 is 20.8. The summed E-state index contributed by atoms with van der Waals surface area (Å²) in [7, 11) is 0. The maximum Gasteiger partial charge on any atom is 0.330 e. The van der Waals surface area contributed by atoms with E-state index in [1.807, 2.05) is 0 Å². The number of carbonyl (C=O) groups excluding carboxylic acids is 2. The number of rotatable bonds is 12. The van der Waals surface area contributed by atoms with Crippen LogP contribution in [0.1, 0.15) is 25.7 Å².